The highest BCUT2D eigenvalue weighted by Crippen LogP contribution is 2.28. The third-order valence-electron chi connectivity index (χ3n) is 3.97. The van der Waals surface area contributed by atoms with E-state index in [1.165, 1.54) is 12.1 Å². The summed E-state index contributed by atoms with van der Waals surface area (Å²) in [5, 5.41) is 11.3. The Morgan fingerprint density at radius 2 is 2.04 bits per heavy atom. The lowest BCUT2D eigenvalue weighted by Gasteiger charge is -2.05. The molecule has 0 saturated carbocycles. The number of hydrogen-bond donors (Lipinski definition) is 2. The number of nitrogens with zero attached hydrogens (tertiary/aromatic N) is 4. The largest absolute Gasteiger partial charge is 0.382 e. The number of nitrogens with two attached hydrogens (primary N) is 1. The SMILES string of the molecule is Cn1cc(NC(=O)c2c(N)nn3ccccc23)c(-c2cccc(F)c2)n1. The van der Waals surface area contributed by atoms with E-state index in [-0.39, 0.29) is 17.2 Å². The van der Waals surface area contributed by atoms with Crippen molar-refractivity contribution in [2.24, 2.45) is 7.05 Å². The summed E-state index contributed by atoms with van der Waals surface area (Å²) in [5.41, 5.74) is 8.28. The first-order valence-corrected chi connectivity index (χ1v) is 7.86. The van der Waals surface area contributed by atoms with Gasteiger partial charge in [-0.15, -0.1) is 5.10 Å². The van der Waals surface area contributed by atoms with Gasteiger partial charge < -0.3 is 11.1 Å². The summed E-state index contributed by atoms with van der Waals surface area (Å²) >= 11 is 0. The lowest BCUT2D eigenvalue weighted by atomic mass is 10.1. The van der Waals surface area contributed by atoms with Crippen LogP contribution in [0.15, 0.2) is 54.9 Å². The minimum Gasteiger partial charge on any atom is -0.382 e. The van der Waals surface area contributed by atoms with Crippen LogP contribution in [-0.4, -0.2) is 25.3 Å². The van der Waals surface area contributed by atoms with E-state index in [0.717, 1.165) is 0 Å². The maximum atomic E-state index is 13.6. The summed E-state index contributed by atoms with van der Waals surface area (Å²) < 4.78 is 16.6. The third kappa shape index (κ3) is 2.67. The Balaban J connectivity index is 1.74. The molecular formula is C18H15FN6O. The summed E-state index contributed by atoms with van der Waals surface area (Å²) in [4.78, 5) is 12.8. The molecule has 0 unspecified atom stereocenters. The first-order chi connectivity index (χ1) is 12.5. The van der Waals surface area contributed by atoms with Gasteiger partial charge in [-0.25, -0.2) is 8.91 Å². The van der Waals surface area contributed by atoms with Crippen molar-refractivity contribution in [2.45, 2.75) is 0 Å². The van der Waals surface area contributed by atoms with Crippen molar-refractivity contribution in [1.29, 1.82) is 0 Å². The number of carbonyl (C=O) groups is 1. The van der Waals surface area contributed by atoms with Crippen LogP contribution < -0.4 is 11.1 Å². The van der Waals surface area contributed by atoms with Gasteiger partial charge >= 0.3 is 0 Å². The number of fused-ring (bicyclic) bond motifs is 1. The van der Waals surface area contributed by atoms with Crippen LogP contribution in [0.3, 0.4) is 0 Å². The van der Waals surface area contributed by atoms with Crippen LogP contribution in [0.2, 0.25) is 0 Å². The Kier molecular flexibility index (Phi) is 3.65. The molecule has 0 aliphatic rings. The number of halogens is 1. The molecule has 1 amide bonds. The van der Waals surface area contributed by atoms with Crippen LogP contribution in [-0.2, 0) is 7.05 Å². The second kappa shape index (κ2) is 5.99. The molecule has 0 atom stereocenters. The molecule has 130 valence electrons. The number of nitrogens with one attached hydrogen (secondary N) is 1. The lowest BCUT2D eigenvalue weighted by Crippen LogP contribution is -2.13. The number of carbonyl (C=O) groups excluding carboxylic acids is 1. The van der Waals surface area contributed by atoms with Crippen molar-refractivity contribution in [1.82, 2.24) is 19.4 Å². The van der Waals surface area contributed by atoms with Gasteiger partial charge in [-0.1, -0.05) is 18.2 Å². The van der Waals surface area contributed by atoms with E-state index in [9.17, 15) is 9.18 Å². The van der Waals surface area contributed by atoms with Crippen LogP contribution in [0, 0.1) is 5.82 Å². The van der Waals surface area contributed by atoms with E-state index in [1.807, 2.05) is 0 Å². The fourth-order valence-electron chi connectivity index (χ4n) is 2.86. The van der Waals surface area contributed by atoms with Crippen molar-refractivity contribution in [2.75, 3.05) is 11.1 Å². The Hall–Kier alpha value is -3.68. The molecule has 26 heavy (non-hydrogen) atoms. The number of nitrogen functional groups attached to an aromatic ring is 1. The first-order valence-electron chi connectivity index (χ1n) is 7.86. The van der Waals surface area contributed by atoms with Crippen LogP contribution in [0.1, 0.15) is 10.4 Å². The molecule has 8 heteroatoms. The highest BCUT2D eigenvalue weighted by molar-refractivity contribution is 6.13. The van der Waals surface area contributed by atoms with Crippen LogP contribution >= 0.6 is 0 Å². The standard InChI is InChI=1S/C18H15FN6O/c1-24-10-13(16(22-24)11-5-4-6-12(19)9-11)21-18(26)15-14-7-2-3-8-25(14)23-17(15)20/h2-10H,1H3,(H2,20,23)(H,21,26). The van der Waals surface area contributed by atoms with E-state index in [0.29, 0.717) is 22.5 Å². The number of amides is 1. The molecule has 3 N–H and O–H groups in total. The summed E-state index contributed by atoms with van der Waals surface area (Å²) in [7, 11) is 1.72. The zero-order valence-corrected chi connectivity index (χ0v) is 13.8. The molecule has 1 aromatic carbocycles. The molecule has 0 saturated heterocycles. The minimum atomic E-state index is -0.408. The molecule has 0 aliphatic heterocycles. The Morgan fingerprint density at radius 3 is 2.85 bits per heavy atom. The van der Waals surface area contributed by atoms with Crippen LogP contribution in [0.25, 0.3) is 16.8 Å². The second-order valence-electron chi connectivity index (χ2n) is 5.82. The van der Waals surface area contributed by atoms with Crippen molar-refractivity contribution in [3.05, 3.63) is 66.2 Å². The van der Waals surface area contributed by atoms with Gasteiger partial charge in [0.05, 0.1) is 11.2 Å². The molecule has 3 aromatic heterocycles. The third-order valence-corrected chi connectivity index (χ3v) is 3.97. The van der Waals surface area contributed by atoms with Crippen molar-refractivity contribution in [3.63, 3.8) is 0 Å². The predicted octanol–water partition coefficient (Wildman–Crippen LogP) is 2.71. The van der Waals surface area contributed by atoms with Crippen molar-refractivity contribution >= 4 is 22.9 Å². The monoisotopic (exact) mass is 350 g/mol. The maximum absolute atomic E-state index is 13.6. The second-order valence-corrected chi connectivity index (χ2v) is 5.82. The van der Waals surface area contributed by atoms with Crippen molar-refractivity contribution in [3.8, 4) is 11.3 Å². The minimum absolute atomic E-state index is 0.130. The smallest absolute Gasteiger partial charge is 0.261 e. The van der Waals surface area contributed by atoms with Gasteiger partial charge in [0, 0.05) is 25.0 Å². The van der Waals surface area contributed by atoms with Crippen molar-refractivity contribution < 1.29 is 9.18 Å². The van der Waals surface area contributed by atoms with Gasteiger partial charge in [0.15, 0.2) is 5.82 Å². The highest BCUT2D eigenvalue weighted by atomic mass is 19.1. The fourth-order valence-corrected chi connectivity index (χ4v) is 2.86. The molecular weight excluding hydrogens is 335 g/mol. The normalized spacial score (nSPS) is 11.0. The van der Waals surface area contributed by atoms with Gasteiger partial charge in [0.2, 0.25) is 0 Å². The Bertz CT molecular complexity index is 1130. The summed E-state index contributed by atoms with van der Waals surface area (Å²) in [6.45, 7) is 0. The maximum Gasteiger partial charge on any atom is 0.261 e. The molecule has 7 nitrogen and oxygen atoms in total. The molecule has 0 fully saturated rings. The van der Waals surface area contributed by atoms with E-state index in [1.54, 1.807) is 59.0 Å². The number of aromatic nitrogens is 4. The molecule has 4 aromatic rings. The topological polar surface area (TPSA) is 90.2 Å². The molecule has 0 spiro atoms. The summed E-state index contributed by atoms with van der Waals surface area (Å²) in [6.07, 6.45) is 3.37. The molecule has 4 rings (SSSR count). The van der Waals surface area contributed by atoms with E-state index in [2.05, 4.69) is 15.5 Å². The summed E-state index contributed by atoms with van der Waals surface area (Å²) in [6, 6.07) is 11.4. The van der Waals surface area contributed by atoms with Crippen LogP contribution in [0.4, 0.5) is 15.9 Å². The zero-order chi connectivity index (χ0) is 18.3. The Labute approximate surface area is 147 Å². The quantitative estimate of drug-likeness (QED) is 0.594. The zero-order valence-electron chi connectivity index (χ0n) is 13.8. The molecule has 3 heterocycles. The number of pyridine rings is 1. The number of anilines is 2. The van der Waals surface area contributed by atoms with E-state index < -0.39 is 5.91 Å². The molecule has 0 aliphatic carbocycles. The first kappa shape index (κ1) is 15.8. The van der Waals surface area contributed by atoms with Gasteiger partial charge in [0.25, 0.3) is 5.91 Å². The lowest BCUT2D eigenvalue weighted by molar-refractivity contribution is 0.102. The van der Waals surface area contributed by atoms with Gasteiger partial charge in [-0.2, -0.15) is 5.10 Å². The Morgan fingerprint density at radius 1 is 1.19 bits per heavy atom. The number of hydrogen-bond acceptors (Lipinski definition) is 4. The summed E-state index contributed by atoms with van der Waals surface area (Å²) in [5.74, 6) is -0.656. The average Bonchev–Trinajstić information content (AvgIpc) is 3.13. The predicted molar refractivity (Wildman–Crippen MR) is 96.2 cm³/mol. The number of aryl methyl sites for hydroxylation is 1. The highest BCUT2D eigenvalue weighted by Gasteiger charge is 2.20. The van der Waals surface area contributed by atoms with E-state index in [4.69, 9.17) is 5.73 Å². The van der Waals surface area contributed by atoms with Gasteiger partial charge in [-0.3, -0.25) is 9.48 Å². The average molecular weight is 350 g/mol. The van der Waals surface area contributed by atoms with Gasteiger partial charge in [-0.05, 0) is 24.3 Å². The van der Waals surface area contributed by atoms with Gasteiger partial charge in [0.1, 0.15) is 17.1 Å². The number of rotatable bonds is 3. The number of benzene rings is 1. The van der Waals surface area contributed by atoms with Crippen LogP contribution in [0.5, 0.6) is 0 Å². The molecule has 0 bridgehead atoms. The molecule has 0 radical (unpaired) electrons. The van der Waals surface area contributed by atoms with E-state index >= 15 is 0 Å². The fraction of sp³-hybridized carbons (Fsp3) is 0.0556.